The molecule has 1 aromatic heterocycles. The van der Waals surface area contributed by atoms with Gasteiger partial charge in [0.1, 0.15) is 0 Å². The van der Waals surface area contributed by atoms with Gasteiger partial charge in [0.2, 0.25) is 0 Å². The van der Waals surface area contributed by atoms with E-state index in [1.54, 1.807) is 0 Å². The van der Waals surface area contributed by atoms with Crippen molar-refractivity contribution in [2.24, 2.45) is 0 Å². The van der Waals surface area contributed by atoms with Crippen LogP contribution < -0.4 is 0 Å². The molecule has 1 rings (SSSR count). The fraction of sp³-hybridized carbons (Fsp3) is 0.200. The summed E-state index contributed by atoms with van der Waals surface area (Å²) >= 11 is -1.31. The third-order valence-corrected chi connectivity index (χ3v) is 2.72. The standard InChI is InChI=1S/C5H4F2O2S2/c6-5(7)3-1-10-2-4(3)11(8)9/h1-2,5H,(H,8,9). The summed E-state index contributed by atoms with van der Waals surface area (Å²) in [6.45, 7) is 0. The SMILES string of the molecule is O=S(O)c1cscc1C(F)F. The van der Waals surface area contributed by atoms with Gasteiger partial charge in [0.15, 0.2) is 11.1 Å². The average molecular weight is 198 g/mol. The van der Waals surface area contributed by atoms with Crippen LogP contribution in [0.15, 0.2) is 15.7 Å². The van der Waals surface area contributed by atoms with Gasteiger partial charge in [-0.05, 0) is 0 Å². The summed E-state index contributed by atoms with van der Waals surface area (Å²) in [6.07, 6.45) is -2.67. The normalized spacial score (nSPS) is 13.8. The molecule has 0 amide bonds. The van der Waals surface area contributed by atoms with Crippen molar-refractivity contribution in [2.75, 3.05) is 0 Å². The first-order valence-electron chi connectivity index (χ1n) is 2.58. The second-order valence-corrected chi connectivity index (χ2v) is 3.42. The van der Waals surface area contributed by atoms with Gasteiger partial charge in [0.25, 0.3) is 6.43 Å². The maximum absolute atomic E-state index is 12.0. The Morgan fingerprint density at radius 3 is 2.55 bits per heavy atom. The van der Waals surface area contributed by atoms with Crippen LogP contribution >= 0.6 is 11.3 Å². The summed E-state index contributed by atoms with van der Waals surface area (Å²) < 4.78 is 42.8. The predicted octanol–water partition coefficient (Wildman–Crippen LogP) is 2.27. The molecule has 62 valence electrons. The highest BCUT2D eigenvalue weighted by Crippen LogP contribution is 2.27. The lowest BCUT2D eigenvalue weighted by atomic mass is 10.4. The van der Waals surface area contributed by atoms with Crippen molar-refractivity contribution < 1.29 is 17.5 Å². The lowest BCUT2D eigenvalue weighted by molar-refractivity contribution is 0.148. The Morgan fingerprint density at radius 1 is 1.55 bits per heavy atom. The smallest absolute Gasteiger partial charge is 0.265 e. The molecule has 0 aliphatic carbocycles. The van der Waals surface area contributed by atoms with Gasteiger partial charge in [-0.2, -0.15) is 11.3 Å². The maximum atomic E-state index is 12.0. The van der Waals surface area contributed by atoms with Gasteiger partial charge < -0.3 is 4.55 Å². The predicted molar refractivity (Wildman–Crippen MR) is 38.3 cm³/mol. The van der Waals surface area contributed by atoms with Crippen LogP contribution in [-0.4, -0.2) is 8.76 Å². The van der Waals surface area contributed by atoms with Gasteiger partial charge in [-0.1, -0.05) is 0 Å². The highest BCUT2D eigenvalue weighted by molar-refractivity contribution is 7.79. The minimum Gasteiger partial charge on any atom is -0.302 e. The third kappa shape index (κ3) is 1.82. The molecule has 1 N–H and O–H groups in total. The second kappa shape index (κ2) is 3.38. The van der Waals surface area contributed by atoms with E-state index in [4.69, 9.17) is 4.55 Å². The Balaban J connectivity index is 3.06. The summed E-state index contributed by atoms with van der Waals surface area (Å²) in [7, 11) is 0. The van der Waals surface area contributed by atoms with Crippen LogP contribution in [-0.2, 0) is 11.1 Å². The van der Waals surface area contributed by atoms with E-state index in [1.807, 2.05) is 0 Å². The van der Waals surface area contributed by atoms with Crippen LogP contribution in [0, 0.1) is 0 Å². The van der Waals surface area contributed by atoms with Crippen molar-refractivity contribution in [2.45, 2.75) is 11.3 Å². The summed E-state index contributed by atoms with van der Waals surface area (Å²) in [5.74, 6) is 0. The van der Waals surface area contributed by atoms with Gasteiger partial charge >= 0.3 is 0 Å². The highest BCUT2D eigenvalue weighted by atomic mass is 32.2. The molecule has 1 aromatic rings. The van der Waals surface area contributed by atoms with E-state index in [-0.39, 0.29) is 10.5 Å². The maximum Gasteiger partial charge on any atom is 0.265 e. The van der Waals surface area contributed by atoms with E-state index in [0.717, 1.165) is 11.3 Å². The zero-order valence-electron chi connectivity index (χ0n) is 5.16. The Labute approximate surface area is 68.1 Å². The zero-order valence-corrected chi connectivity index (χ0v) is 6.79. The van der Waals surface area contributed by atoms with E-state index in [2.05, 4.69) is 0 Å². The van der Waals surface area contributed by atoms with E-state index >= 15 is 0 Å². The quantitative estimate of drug-likeness (QED) is 0.740. The van der Waals surface area contributed by atoms with E-state index in [1.165, 1.54) is 10.8 Å². The molecule has 0 bridgehead atoms. The molecule has 2 nitrogen and oxygen atoms in total. The fourth-order valence-corrected chi connectivity index (χ4v) is 2.22. The number of alkyl halides is 2. The van der Waals surface area contributed by atoms with Crippen LogP contribution in [0.25, 0.3) is 0 Å². The molecule has 6 heteroatoms. The first-order valence-corrected chi connectivity index (χ1v) is 4.63. The van der Waals surface area contributed by atoms with E-state index < -0.39 is 17.5 Å². The van der Waals surface area contributed by atoms with Crippen LogP contribution in [0.5, 0.6) is 0 Å². The molecule has 0 aliphatic rings. The minimum atomic E-state index is -2.67. The summed E-state index contributed by atoms with van der Waals surface area (Å²) in [6, 6.07) is 0. The Bertz CT molecular complexity index is 271. The molecule has 0 spiro atoms. The van der Waals surface area contributed by atoms with Crippen molar-refractivity contribution >= 4 is 22.4 Å². The second-order valence-electron chi connectivity index (χ2n) is 1.74. The molecule has 0 saturated heterocycles. The number of thiophene rings is 1. The van der Waals surface area contributed by atoms with Crippen molar-refractivity contribution in [3.05, 3.63) is 16.3 Å². The van der Waals surface area contributed by atoms with Gasteiger partial charge in [0, 0.05) is 16.3 Å². The number of hydrogen-bond donors (Lipinski definition) is 1. The van der Waals surface area contributed by atoms with Crippen molar-refractivity contribution in [1.82, 2.24) is 0 Å². The average Bonchev–Trinajstić information content (AvgIpc) is 2.32. The van der Waals surface area contributed by atoms with E-state index in [9.17, 15) is 13.0 Å². The zero-order chi connectivity index (χ0) is 8.43. The largest absolute Gasteiger partial charge is 0.302 e. The van der Waals surface area contributed by atoms with Crippen molar-refractivity contribution in [1.29, 1.82) is 0 Å². The number of halogens is 2. The van der Waals surface area contributed by atoms with Crippen LogP contribution in [0.2, 0.25) is 0 Å². The van der Waals surface area contributed by atoms with Gasteiger partial charge in [0.05, 0.1) is 4.90 Å². The van der Waals surface area contributed by atoms with Gasteiger partial charge in [-0.3, -0.25) is 0 Å². The fourth-order valence-electron chi connectivity index (χ4n) is 0.596. The summed E-state index contributed by atoms with van der Waals surface area (Å²) in [5, 5.41) is 2.42. The topological polar surface area (TPSA) is 37.3 Å². The number of hydrogen-bond acceptors (Lipinski definition) is 2. The third-order valence-electron chi connectivity index (χ3n) is 1.08. The van der Waals surface area contributed by atoms with Gasteiger partial charge in [-0.25, -0.2) is 13.0 Å². The summed E-state index contributed by atoms with van der Waals surface area (Å²) in [4.78, 5) is -0.190. The molecule has 0 radical (unpaired) electrons. The molecule has 1 heterocycles. The molecule has 11 heavy (non-hydrogen) atoms. The van der Waals surface area contributed by atoms with Crippen molar-refractivity contribution in [3.63, 3.8) is 0 Å². The first kappa shape index (κ1) is 8.76. The molecule has 0 fully saturated rings. The molecule has 0 saturated carbocycles. The van der Waals surface area contributed by atoms with Crippen molar-refractivity contribution in [3.8, 4) is 0 Å². The molecule has 1 atom stereocenters. The Hall–Kier alpha value is -0.330. The molecule has 1 unspecified atom stereocenters. The summed E-state index contributed by atoms with van der Waals surface area (Å²) in [5.41, 5.74) is -0.351. The lowest BCUT2D eigenvalue weighted by Crippen LogP contribution is -1.91. The monoisotopic (exact) mass is 198 g/mol. The van der Waals surface area contributed by atoms with Crippen LogP contribution in [0.1, 0.15) is 12.0 Å². The molecule has 0 aromatic carbocycles. The first-order chi connectivity index (χ1) is 5.13. The Morgan fingerprint density at radius 2 is 2.18 bits per heavy atom. The lowest BCUT2D eigenvalue weighted by Gasteiger charge is -1.96. The van der Waals surface area contributed by atoms with Crippen LogP contribution in [0.3, 0.4) is 0 Å². The van der Waals surface area contributed by atoms with Gasteiger partial charge in [-0.15, -0.1) is 0 Å². The van der Waals surface area contributed by atoms with Crippen LogP contribution in [0.4, 0.5) is 8.78 Å². The molecule has 0 aliphatic heterocycles. The number of rotatable bonds is 2. The Kier molecular flexibility index (Phi) is 2.69. The minimum absolute atomic E-state index is 0.190. The van der Waals surface area contributed by atoms with E-state index in [0.29, 0.717) is 0 Å². The highest BCUT2D eigenvalue weighted by Gasteiger charge is 2.16. The molecular weight excluding hydrogens is 194 g/mol. The molecular formula is C5H4F2O2S2.